The van der Waals surface area contributed by atoms with Gasteiger partial charge in [0.15, 0.2) is 0 Å². The molecule has 0 saturated carbocycles. The Labute approximate surface area is 83.2 Å². The van der Waals surface area contributed by atoms with Crippen LogP contribution in [0, 0.1) is 0 Å². The first-order valence-electron chi connectivity index (χ1n) is 3.54. The van der Waals surface area contributed by atoms with E-state index in [0.29, 0.717) is 5.56 Å². The van der Waals surface area contributed by atoms with Crippen molar-refractivity contribution in [1.29, 1.82) is 0 Å². The van der Waals surface area contributed by atoms with Crippen molar-refractivity contribution < 1.29 is 9.18 Å². The fraction of sp³-hybridized carbons (Fsp3) is 0.125. The summed E-state index contributed by atoms with van der Waals surface area (Å²) in [5, 5.41) is 0. The molecule has 1 aromatic rings. The number of carbonyl (C=O) groups excluding carboxylic acids is 1. The van der Waals surface area contributed by atoms with E-state index in [1.165, 1.54) is 6.07 Å². The Bertz CT molecular complexity index is 330. The van der Waals surface area contributed by atoms with Crippen LogP contribution < -0.4 is 11.3 Å². The number of alkyl halides is 1. The van der Waals surface area contributed by atoms with Crippen molar-refractivity contribution in [3.8, 4) is 0 Å². The van der Waals surface area contributed by atoms with Gasteiger partial charge in [0.1, 0.15) is 6.67 Å². The average molecular weight is 247 g/mol. The van der Waals surface area contributed by atoms with Gasteiger partial charge in [-0.1, -0.05) is 15.9 Å². The quantitative estimate of drug-likeness (QED) is 0.473. The van der Waals surface area contributed by atoms with Gasteiger partial charge in [0.2, 0.25) is 0 Å². The van der Waals surface area contributed by atoms with Gasteiger partial charge < -0.3 is 0 Å². The number of nitrogen functional groups attached to an aromatic ring is 1. The van der Waals surface area contributed by atoms with E-state index in [2.05, 4.69) is 15.9 Å². The van der Waals surface area contributed by atoms with Gasteiger partial charge >= 0.3 is 0 Å². The van der Waals surface area contributed by atoms with Gasteiger partial charge in [-0.25, -0.2) is 10.2 Å². The van der Waals surface area contributed by atoms with Crippen LogP contribution >= 0.6 is 15.9 Å². The molecule has 1 amide bonds. The third kappa shape index (κ3) is 2.26. The molecule has 5 heteroatoms. The van der Waals surface area contributed by atoms with Crippen molar-refractivity contribution in [3.05, 3.63) is 33.8 Å². The topological polar surface area (TPSA) is 55.1 Å². The van der Waals surface area contributed by atoms with E-state index in [1.54, 1.807) is 12.1 Å². The maximum absolute atomic E-state index is 12.4. The first kappa shape index (κ1) is 10.1. The summed E-state index contributed by atoms with van der Waals surface area (Å²) in [6.45, 7) is -0.692. The smallest absolute Gasteiger partial charge is 0.265 e. The lowest BCUT2D eigenvalue weighted by atomic mass is 10.1. The van der Waals surface area contributed by atoms with Gasteiger partial charge in [-0.05, 0) is 23.8 Å². The molecule has 13 heavy (non-hydrogen) atoms. The number of hydrogen-bond donors (Lipinski definition) is 2. The first-order valence-corrected chi connectivity index (χ1v) is 4.33. The molecule has 1 aromatic carbocycles. The standard InChI is InChI=1S/C8H8BrFN2O/c9-6-1-2-7(8(13)12-11)5(3-6)4-10/h1-3H,4,11H2,(H,12,13). The van der Waals surface area contributed by atoms with Crippen LogP contribution in [-0.4, -0.2) is 5.91 Å². The summed E-state index contributed by atoms with van der Waals surface area (Å²) in [5.74, 6) is 4.45. The average Bonchev–Trinajstić information content (AvgIpc) is 2.16. The van der Waals surface area contributed by atoms with Gasteiger partial charge in [-0.3, -0.25) is 10.2 Å². The van der Waals surface area contributed by atoms with E-state index < -0.39 is 12.6 Å². The highest BCUT2D eigenvalue weighted by molar-refractivity contribution is 9.10. The summed E-state index contributed by atoms with van der Waals surface area (Å²) in [5.41, 5.74) is 2.53. The first-order chi connectivity index (χ1) is 6.19. The monoisotopic (exact) mass is 246 g/mol. The van der Waals surface area contributed by atoms with Crippen LogP contribution in [0.1, 0.15) is 15.9 Å². The lowest BCUT2D eigenvalue weighted by Crippen LogP contribution is -2.30. The molecule has 1 rings (SSSR count). The normalized spacial score (nSPS) is 9.77. The fourth-order valence-corrected chi connectivity index (χ4v) is 1.38. The Balaban J connectivity index is 3.13. The van der Waals surface area contributed by atoms with Crippen LogP contribution in [0.2, 0.25) is 0 Å². The summed E-state index contributed by atoms with van der Waals surface area (Å²) in [6.07, 6.45) is 0. The van der Waals surface area contributed by atoms with Crippen molar-refractivity contribution in [1.82, 2.24) is 5.43 Å². The second-order valence-electron chi connectivity index (χ2n) is 2.41. The second kappa shape index (κ2) is 4.34. The molecule has 3 N–H and O–H groups in total. The molecule has 0 aliphatic rings. The number of hydrazine groups is 1. The van der Waals surface area contributed by atoms with Gasteiger partial charge in [-0.2, -0.15) is 0 Å². The Morgan fingerprint density at radius 2 is 2.31 bits per heavy atom. The maximum Gasteiger partial charge on any atom is 0.265 e. The number of hydrogen-bond acceptors (Lipinski definition) is 2. The minimum absolute atomic E-state index is 0.258. The summed E-state index contributed by atoms with van der Waals surface area (Å²) in [7, 11) is 0. The van der Waals surface area contributed by atoms with Crippen LogP contribution in [0.15, 0.2) is 22.7 Å². The highest BCUT2D eigenvalue weighted by Crippen LogP contribution is 2.17. The number of amides is 1. The number of benzene rings is 1. The molecule has 3 nitrogen and oxygen atoms in total. The van der Waals surface area contributed by atoms with Gasteiger partial charge in [0.25, 0.3) is 5.91 Å². The molecule has 0 heterocycles. The zero-order chi connectivity index (χ0) is 9.84. The van der Waals surface area contributed by atoms with Crippen LogP contribution in [0.3, 0.4) is 0 Å². The highest BCUT2D eigenvalue weighted by atomic mass is 79.9. The zero-order valence-corrected chi connectivity index (χ0v) is 8.27. The minimum atomic E-state index is -0.692. The molecule has 0 fully saturated rings. The van der Waals surface area contributed by atoms with E-state index in [0.717, 1.165) is 4.47 Å². The van der Waals surface area contributed by atoms with Crippen molar-refractivity contribution >= 4 is 21.8 Å². The second-order valence-corrected chi connectivity index (χ2v) is 3.32. The minimum Gasteiger partial charge on any atom is -0.290 e. The van der Waals surface area contributed by atoms with Crippen LogP contribution in [0.5, 0.6) is 0 Å². The molecular formula is C8H8BrFN2O. The molecule has 0 aromatic heterocycles. The van der Waals surface area contributed by atoms with E-state index in [9.17, 15) is 9.18 Å². The number of nitrogens with one attached hydrogen (secondary N) is 1. The number of nitrogens with two attached hydrogens (primary N) is 1. The van der Waals surface area contributed by atoms with E-state index >= 15 is 0 Å². The largest absolute Gasteiger partial charge is 0.290 e. The number of carbonyl (C=O) groups is 1. The fourth-order valence-electron chi connectivity index (χ4n) is 0.972. The predicted octanol–water partition coefficient (Wildman–Crippen LogP) is 1.52. The maximum atomic E-state index is 12.4. The third-order valence-electron chi connectivity index (χ3n) is 1.59. The van der Waals surface area contributed by atoms with E-state index in [-0.39, 0.29) is 5.56 Å². The summed E-state index contributed by atoms with van der Waals surface area (Å²) >= 11 is 3.18. The molecular weight excluding hydrogens is 239 g/mol. The van der Waals surface area contributed by atoms with Crippen LogP contribution in [0.4, 0.5) is 4.39 Å². The SMILES string of the molecule is NNC(=O)c1ccc(Br)cc1CF. The third-order valence-corrected chi connectivity index (χ3v) is 2.08. The Morgan fingerprint density at radius 1 is 1.62 bits per heavy atom. The molecule has 0 bridgehead atoms. The zero-order valence-electron chi connectivity index (χ0n) is 6.68. The summed E-state index contributed by atoms with van der Waals surface area (Å²) < 4.78 is 13.2. The molecule has 0 atom stereocenters. The van der Waals surface area contributed by atoms with Crippen molar-refractivity contribution in [2.45, 2.75) is 6.67 Å². The molecule has 0 aliphatic heterocycles. The van der Waals surface area contributed by atoms with Gasteiger partial charge in [-0.15, -0.1) is 0 Å². The van der Waals surface area contributed by atoms with Crippen LogP contribution in [-0.2, 0) is 6.67 Å². The van der Waals surface area contributed by atoms with Crippen molar-refractivity contribution in [2.24, 2.45) is 5.84 Å². The van der Waals surface area contributed by atoms with E-state index in [1.807, 2.05) is 5.43 Å². The van der Waals surface area contributed by atoms with Gasteiger partial charge in [0, 0.05) is 10.0 Å². The lowest BCUT2D eigenvalue weighted by Gasteiger charge is -2.04. The molecule has 0 spiro atoms. The molecule has 0 aliphatic carbocycles. The number of halogens is 2. The molecule has 0 radical (unpaired) electrons. The van der Waals surface area contributed by atoms with Crippen molar-refractivity contribution in [3.63, 3.8) is 0 Å². The van der Waals surface area contributed by atoms with E-state index in [4.69, 9.17) is 5.84 Å². The molecule has 70 valence electrons. The Kier molecular flexibility index (Phi) is 3.39. The van der Waals surface area contributed by atoms with Gasteiger partial charge in [0.05, 0.1) is 0 Å². The lowest BCUT2D eigenvalue weighted by molar-refractivity contribution is 0.0952. The predicted molar refractivity (Wildman–Crippen MR) is 50.6 cm³/mol. The summed E-state index contributed by atoms with van der Waals surface area (Å²) in [6, 6.07) is 4.72. The Morgan fingerprint density at radius 3 is 2.85 bits per heavy atom. The Hall–Kier alpha value is -0.940. The van der Waals surface area contributed by atoms with Crippen molar-refractivity contribution in [2.75, 3.05) is 0 Å². The highest BCUT2D eigenvalue weighted by Gasteiger charge is 2.09. The number of rotatable bonds is 2. The molecule has 0 unspecified atom stereocenters. The van der Waals surface area contributed by atoms with Crippen LogP contribution in [0.25, 0.3) is 0 Å². The summed E-state index contributed by atoms with van der Waals surface area (Å²) in [4.78, 5) is 11.1. The molecule has 0 saturated heterocycles.